The van der Waals surface area contributed by atoms with Crippen molar-refractivity contribution in [1.29, 1.82) is 0 Å². The van der Waals surface area contributed by atoms with E-state index < -0.39 is 0 Å². The molecule has 3 rings (SSSR count). The second-order valence-corrected chi connectivity index (χ2v) is 6.11. The largest absolute Gasteiger partial charge is 0.489 e. The molecular weight excluding hydrogens is 298 g/mol. The van der Waals surface area contributed by atoms with E-state index in [4.69, 9.17) is 4.74 Å². The molecular formula is C21H21NO2. The zero-order chi connectivity index (χ0) is 16.9. The molecule has 1 N–H and O–H groups in total. The van der Waals surface area contributed by atoms with Crippen LogP contribution in [-0.4, -0.2) is 10.8 Å². The zero-order valence-corrected chi connectivity index (χ0v) is 14.0. The molecule has 0 aliphatic carbocycles. The van der Waals surface area contributed by atoms with Gasteiger partial charge in [0.15, 0.2) is 5.78 Å². The van der Waals surface area contributed by atoms with Crippen LogP contribution in [0.4, 0.5) is 0 Å². The molecule has 2 aromatic carbocycles. The molecule has 0 radical (unpaired) electrons. The maximum absolute atomic E-state index is 12.7. The molecule has 0 fully saturated rings. The highest BCUT2D eigenvalue weighted by Crippen LogP contribution is 2.23. The quantitative estimate of drug-likeness (QED) is 0.653. The first kappa shape index (κ1) is 16.1. The van der Waals surface area contributed by atoms with Crippen molar-refractivity contribution in [2.75, 3.05) is 0 Å². The number of carbonyl (C=O) groups excluding carboxylic acids is 1. The topological polar surface area (TPSA) is 42.1 Å². The maximum atomic E-state index is 12.7. The Hall–Kier alpha value is -2.81. The Balaban J connectivity index is 1.70. The number of carbonyl (C=O) groups is 1. The molecule has 3 aromatic rings. The predicted octanol–water partition coefficient (Wildman–Crippen LogP) is 4.95. The molecule has 1 aromatic heterocycles. The van der Waals surface area contributed by atoms with Gasteiger partial charge in [-0.05, 0) is 41.3 Å². The fourth-order valence-corrected chi connectivity index (χ4v) is 2.65. The van der Waals surface area contributed by atoms with Crippen molar-refractivity contribution in [3.8, 4) is 5.75 Å². The van der Waals surface area contributed by atoms with Crippen LogP contribution in [-0.2, 0) is 6.61 Å². The number of aromatic amines is 1. The van der Waals surface area contributed by atoms with Gasteiger partial charge < -0.3 is 9.72 Å². The highest BCUT2D eigenvalue weighted by Gasteiger charge is 2.16. The summed E-state index contributed by atoms with van der Waals surface area (Å²) in [5.41, 5.74) is 3.57. The monoisotopic (exact) mass is 319 g/mol. The van der Waals surface area contributed by atoms with Crippen molar-refractivity contribution in [3.63, 3.8) is 0 Å². The van der Waals surface area contributed by atoms with E-state index in [1.807, 2.05) is 60.8 Å². The van der Waals surface area contributed by atoms with E-state index in [-0.39, 0.29) is 5.78 Å². The molecule has 3 heteroatoms. The molecule has 24 heavy (non-hydrogen) atoms. The molecule has 122 valence electrons. The number of hydrogen-bond acceptors (Lipinski definition) is 2. The highest BCUT2D eigenvalue weighted by molar-refractivity contribution is 6.10. The predicted molar refractivity (Wildman–Crippen MR) is 95.5 cm³/mol. The minimum atomic E-state index is 0.0366. The summed E-state index contributed by atoms with van der Waals surface area (Å²) in [4.78, 5) is 15.7. The Morgan fingerprint density at radius 2 is 1.71 bits per heavy atom. The Morgan fingerprint density at radius 3 is 2.38 bits per heavy atom. The van der Waals surface area contributed by atoms with Gasteiger partial charge >= 0.3 is 0 Å². The van der Waals surface area contributed by atoms with E-state index >= 15 is 0 Å². The third-order valence-corrected chi connectivity index (χ3v) is 4.01. The second kappa shape index (κ2) is 7.18. The van der Waals surface area contributed by atoms with E-state index in [2.05, 4.69) is 18.8 Å². The third kappa shape index (κ3) is 3.57. The van der Waals surface area contributed by atoms with Gasteiger partial charge in [-0.15, -0.1) is 0 Å². The van der Waals surface area contributed by atoms with E-state index in [0.29, 0.717) is 18.1 Å². The summed E-state index contributed by atoms with van der Waals surface area (Å²) in [5.74, 6) is 1.10. The molecule has 0 saturated heterocycles. The summed E-state index contributed by atoms with van der Waals surface area (Å²) in [6.45, 7) is 4.68. The molecule has 0 amide bonds. The van der Waals surface area contributed by atoms with Crippen LogP contribution in [0.2, 0.25) is 0 Å². The number of ether oxygens (including phenoxy) is 1. The van der Waals surface area contributed by atoms with Crippen LogP contribution in [0.1, 0.15) is 46.8 Å². The van der Waals surface area contributed by atoms with Gasteiger partial charge in [0.25, 0.3) is 0 Å². The lowest BCUT2D eigenvalue weighted by Crippen LogP contribution is -2.04. The van der Waals surface area contributed by atoms with Crippen LogP contribution in [0.15, 0.2) is 67.0 Å². The van der Waals surface area contributed by atoms with Crippen LogP contribution < -0.4 is 4.74 Å². The lowest BCUT2D eigenvalue weighted by atomic mass is 9.96. The first-order chi connectivity index (χ1) is 11.6. The Morgan fingerprint density at radius 1 is 1.00 bits per heavy atom. The molecule has 0 aliphatic rings. The summed E-state index contributed by atoms with van der Waals surface area (Å²) < 4.78 is 5.76. The van der Waals surface area contributed by atoms with Crippen LogP contribution in [0.25, 0.3) is 0 Å². The van der Waals surface area contributed by atoms with Gasteiger partial charge in [-0.1, -0.05) is 44.2 Å². The van der Waals surface area contributed by atoms with Gasteiger partial charge in [-0.3, -0.25) is 4.79 Å². The molecule has 0 bridgehead atoms. The van der Waals surface area contributed by atoms with E-state index in [0.717, 1.165) is 22.4 Å². The van der Waals surface area contributed by atoms with Gasteiger partial charge in [0, 0.05) is 23.5 Å². The number of benzene rings is 2. The summed E-state index contributed by atoms with van der Waals surface area (Å²) in [6.07, 6.45) is 3.67. The highest BCUT2D eigenvalue weighted by atomic mass is 16.5. The fraction of sp³-hybridized carbons (Fsp3) is 0.190. The van der Waals surface area contributed by atoms with E-state index in [9.17, 15) is 4.79 Å². The molecule has 0 aliphatic heterocycles. The normalized spacial score (nSPS) is 10.8. The number of ketones is 1. The van der Waals surface area contributed by atoms with Crippen LogP contribution in [0.5, 0.6) is 5.75 Å². The smallest absolute Gasteiger partial charge is 0.194 e. The minimum absolute atomic E-state index is 0.0366. The van der Waals surface area contributed by atoms with Crippen LogP contribution in [0.3, 0.4) is 0 Å². The number of aromatic nitrogens is 1. The average molecular weight is 319 g/mol. The average Bonchev–Trinajstić information content (AvgIpc) is 3.11. The maximum Gasteiger partial charge on any atom is 0.194 e. The first-order valence-corrected chi connectivity index (χ1v) is 8.13. The van der Waals surface area contributed by atoms with Gasteiger partial charge in [0.2, 0.25) is 0 Å². The molecule has 3 nitrogen and oxygen atoms in total. The summed E-state index contributed by atoms with van der Waals surface area (Å²) in [5, 5.41) is 0. The SMILES string of the molecule is CC(C)c1c[nH]cc1C(=O)c1ccc(OCc2ccccc2)cc1. The molecule has 0 spiro atoms. The van der Waals surface area contributed by atoms with Crippen molar-refractivity contribution in [3.05, 3.63) is 89.2 Å². The Bertz CT molecular complexity index is 801. The van der Waals surface area contributed by atoms with Crippen molar-refractivity contribution in [2.45, 2.75) is 26.4 Å². The van der Waals surface area contributed by atoms with Crippen LogP contribution >= 0.6 is 0 Å². The lowest BCUT2D eigenvalue weighted by Gasteiger charge is -2.08. The van der Waals surface area contributed by atoms with Crippen molar-refractivity contribution in [2.24, 2.45) is 0 Å². The van der Waals surface area contributed by atoms with Gasteiger partial charge in [-0.2, -0.15) is 0 Å². The summed E-state index contributed by atoms with van der Waals surface area (Å²) in [6, 6.07) is 17.3. The minimum Gasteiger partial charge on any atom is -0.489 e. The standard InChI is InChI=1S/C21H21NO2/c1-15(2)19-12-22-13-20(19)21(23)17-8-10-18(11-9-17)24-14-16-6-4-3-5-7-16/h3-13,15,22H,14H2,1-2H3. The number of nitrogens with one attached hydrogen (secondary N) is 1. The fourth-order valence-electron chi connectivity index (χ4n) is 2.65. The molecule has 0 unspecified atom stereocenters. The third-order valence-electron chi connectivity index (χ3n) is 4.01. The number of hydrogen-bond donors (Lipinski definition) is 1. The lowest BCUT2D eigenvalue weighted by molar-refractivity contribution is 0.103. The van der Waals surface area contributed by atoms with E-state index in [1.165, 1.54) is 0 Å². The van der Waals surface area contributed by atoms with Crippen LogP contribution in [0, 0.1) is 0 Å². The van der Waals surface area contributed by atoms with E-state index in [1.54, 1.807) is 6.20 Å². The van der Waals surface area contributed by atoms with Crippen molar-refractivity contribution < 1.29 is 9.53 Å². The van der Waals surface area contributed by atoms with Crippen molar-refractivity contribution >= 4 is 5.78 Å². The number of rotatable bonds is 6. The molecule has 0 atom stereocenters. The summed E-state index contributed by atoms with van der Waals surface area (Å²) >= 11 is 0. The second-order valence-electron chi connectivity index (χ2n) is 6.11. The Kier molecular flexibility index (Phi) is 4.80. The Labute approximate surface area is 142 Å². The van der Waals surface area contributed by atoms with Gasteiger partial charge in [-0.25, -0.2) is 0 Å². The number of H-pyrrole nitrogens is 1. The summed E-state index contributed by atoms with van der Waals surface area (Å²) in [7, 11) is 0. The van der Waals surface area contributed by atoms with Gasteiger partial charge in [0.1, 0.15) is 12.4 Å². The van der Waals surface area contributed by atoms with Crippen molar-refractivity contribution in [1.82, 2.24) is 4.98 Å². The molecule has 0 saturated carbocycles. The van der Waals surface area contributed by atoms with Gasteiger partial charge in [0.05, 0.1) is 0 Å². The zero-order valence-electron chi connectivity index (χ0n) is 14.0. The first-order valence-electron chi connectivity index (χ1n) is 8.13. The molecule has 1 heterocycles.